The van der Waals surface area contributed by atoms with E-state index in [0.29, 0.717) is 11.4 Å². The molecule has 0 spiro atoms. The predicted octanol–water partition coefficient (Wildman–Crippen LogP) is 4.49. The number of hydrogen-bond acceptors (Lipinski definition) is 4. The number of nitrogens with zero attached hydrogens (tertiary/aromatic N) is 1. The monoisotopic (exact) mass is 420 g/mol. The maximum Gasteiger partial charge on any atom is 0.416 e. The van der Waals surface area contributed by atoms with E-state index in [1.165, 1.54) is 29.0 Å². The van der Waals surface area contributed by atoms with Crippen molar-refractivity contribution in [1.82, 2.24) is 10.3 Å². The molecule has 3 rings (SSSR count). The normalized spacial score (nSPS) is 11.3. The molecular formula is C21H19F3N2O2S. The Hall–Kier alpha value is -2.87. The van der Waals surface area contributed by atoms with Gasteiger partial charge in [0.2, 0.25) is 5.91 Å². The van der Waals surface area contributed by atoms with Crippen LogP contribution in [0.15, 0.2) is 60.0 Å². The molecule has 2 aromatic carbocycles. The molecular weight excluding hydrogens is 401 g/mol. The van der Waals surface area contributed by atoms with Gasteiger partial charge in [-0.25, -0.2) is 4.98 Å². The molecule has 0 unspecified atom stereocenters. The molecule has 0 aliphatic heterocycles. The highest BCUT2D eigenvalue weighted by Gasteiger charge is 2.29. The van der Waals surface area contributed by atoms with Crippen LogP contribution in [0.25, 0.3) is 0 Å². The number of carbonyl (C=O) groups excluding carboxylic acids is 1. The van der Waals surface area contributed by atoms with Gasteiger partial charge in [0, 0.05) is 11.8 Å². The summed E-state index contributed by atoms with van der Waals surface area (Å²) in [5.41, 5.74) is 1.15. The van der Waals surface area contributed by atoms with Gasteiger partial charge in [-0.2, -0.15) is 13.2 Å². The van der Waals surface area contributed by atoms with Crippen LogP contribution in [0.4, 0.5) is 13.2 Å². The van der Waals surface area contributed by atoms with Crippen LogP contribution in [0, 0.1) is 0 Å². The van der Waals surface area contributed by atoms with E-state index in [1.54, 1.807) is 0 Å². The summed E-state index contributed by atoms with van der Waals surface area (Å²) in [4.78, 5) is 16.5. The third-order valence-electron chi connectivity index (χ3n) is 4.01. The molecule has 4 nitrogen and oxygen atoms in total. The van der Waals surface area contributed by atoms with Crippen LogP contribution in [0.1, 0.15) is 21.8 Å². The molecule has 0 bridgehead atoms. The lowest BCUT2D eigenvalue weighted by Crippen LogP contribution is -2.29. The highest BCUT2D eigenvalue weighted by atomic mass is 32.1. The Balaban J connectivity index is 1.38. The van der Waals surface area contributed by atoms with Crippen LogP contribution >= 0.6 is 11.3 Å². The van der Waals surface area contributed by atoms with Crippen LogP contribution in [0.2, 0.25) is 0 Å². The van der Waals surface area contributed by atoms with Gasteiger partial charge in [0.1, 0.15) is 12.4 Å². The van der Waals surface area contributed by atoms with Crippen molar-refractivity contribution in [3.8, 4) is 5.75 Å². The number of hydrogen-bond donors (Lipinski definition) is 1. The second kappa shape index (κ2) is 9.56. The van der Waals surface area contributed by atoms with E-state index in [1.807, 2.05) is 35.7 Å². The lowest BCUT2D eigenvalue weighted by atomic mass is 10.2. The summed E-state index contributed by atoms with van der Waals surface area (Å²) in [5, 5.41) is 5.54. The molecule has 0 fully saturated rings. The number of alkyl halides is 3. The first-order valence-electron chi connectivity index (χ1n) is 8.94. The molecule has 1 heterocycles. The number of nitrogens with one attached hydrogen (secondary N) is 1. The first-order chi connectivity index (χ1) is 13.9. The summed E-state index contributed by atoms with van der Waals surface area (Å²) in [6, 6.07) is 14.4. The van der Waals surface area contributed by atoms with Gasteiger partial charge in [-0.3, -0.25) is 4.79 Å². The van der Waals surface area contributed by atoms with E-state index >= 15 is 0 Å². The third kappa shape index (κ3) is 6.60. The lowest BCUT2D eigenvalue weighted by Gasteiger charge is -2.09. The van der Waals surface area contributed by atoms with E-state index in [4.69, 9.17) is 4.74 Å². The fraction of sp³-hybridized carbons (Fsp3) is 0.238. The molecule has 1 amide bonds. The molecule has 1 N–H and O–H groups in total. The van der Waals surface area contributed by atoms with Gasteiger partial charge < -0.3 is 10.1 Å². The lowest BCUT2D eigenvalue weighted by molar-refractivity contribution is -0.137. The summed E-state index contributed by atoms with van der Waals surface area (Å²) in [5.74, 6) is 0.134. The zero-order valence-electron chi connectivity index (χ0n) is 15.4. The van der Waals surface area contributed by atoms with Crippen LogP contribution in [0.3, 0.4) is 0 Å². The molecule has 152 valence electrons. The first-order valence-corrected chi connectivity index (χ1v) is 9.82. The molecule has 0 saturated heterocycles. The van der Waals surface area contributed by atoms with Gasteiger partial charge in [0.25, 0.3) is 0 Å². The smallest absolute Gasteiger partial charge is 0.416 e. The Morgan fingerprint density at radius 1 is 1.07 bits per heavy atom. The zero-order valence-corrected chi connectivity index (χ0v) is 16.2. The molecule has 8 heteroatoms. The highest BCUT2D eigenvalue weighted by molar-refractivity contribution is 7.09. The van der Waals surface area contributed by atoms with Gasteiger partial charge in [-0.05, 0) is 29.8 Å². The van der Waals surface area contributed by atoms with Gasteiger partial charge in [-0.1, -0.05) is 30.3 Å². The molecule has 0 radical (unpaired) electrons. The third-order valence-corrected chi connectivity index (χ3v) is 4.91. The van der Waals surface area contributed by atoms with Crippen molar-refractivity contribution in [2.75, 3.05) is 13.2 Å². The molecule has 29 heavy (non-hydrogen) atoms. The number of benzene rings is 2. The van der Waals surface area contributed by atoms with E-state index in [2.05, 4.69) is 10.3 Å². The minimum Gasteiger partial charge on any atom is -0.492 e. The Bertz CT molecular complexity index is 925. The fourth-order valence-corrected chi connectivity index (χ4v) is 3.44. The standard InChI is InChI=1S/C21H19F3N2O2S/c22-21(23,24)16-6-8-18(9-7-16)28-11-10-25-19(27)13-17-14-29-20(26-17)12-15-4-2-1-3-5-15/h1-9,14H,10-13H2,(H,25,27). The summed E-state index contributed by atoms with van der Waals surface area (Å²) in [6.07, 6.45) is -3.47. The molecule has 0 aliphatic rings. The number of thiazole rings is 1. The minimum absolute atomic E-state index is 0.160. The maximum atomic E-state index is 12.5. The molecule has 1 aromatic heterocycles. The van der Waals surface area contributed by atoms with E-state index in [9.17, 15) is 18.0 Å². The second-order valence-corrected chi connectivity index (χ2v) is 7.23. The Morgan fingerprint density at radius 2 is 1.79 bits per heavy atom. The van der Waals surface area contributed by atoms with E-state index in [-0.39, 0.29) is 25.5 Å². The molecule has 3 aromatic rings. The van der Waals surface area contributed by atoms with Gasteiger partial charge >= 0.3 is 6.18 Å². The number of amides is 1. The topological polar surface area (TPSA) is 51.2 Å². The minimum atomic E-state index is -4.37. The number of ether oxygens (including phenoxy) is 1. The van der Waals surface area contributed by atoms with Crippen molar-refractivity contribution in [2.24, 2.45) is 0 Å². The van der Waals surface area contributed by atoms with Crippen LogP contribution in [-0.2, 0) is 23.8 Å². The molecule has 0 saturated carbocycles. The van der Waals surface area contributed by atoms with Crippen molar-refractivity contribution in [2.45, 2.75) is 19.0 Å². The Morgan fingerprint density at radius 3 is 2.48 bits per heavy atom. The summed E-state index contributed by atoms with van der Waals surface area (Å²) in [7, 11) is 0. The quantitative estimate of drug-likeness (QED) is 0.547. The van der Waals surface area contributed by atoms with Gasteiger partial charge in [-0.15, -0.1) is 11.3 Å². The van der Waals surface area contributed by atoms with Crippen LogP contribution < -0.4 is 10.1 Å². The summed E-state index contributed by atoms with van der Waals surface area (Å²) < 4.78 is 42.9. The Kier molecular flexibility index (Phi) is 6.87. The molecule has 0 atom stereocenters. The summed E-state index contributed by atoms with van der Waals surface area (Å²) in [6.45, 7) is 0.411. The number of halogens is 3. The van der Waals surface area contributed by atoms with Crippen molar-refractivity contribution >= 4 is 17.2 Å². The average molecular weight is 420 g/mol. The Labute approximate surface area is 170 Å². The van der Waals surface area contributed by atoms with E-state index < -0.39 is 11.7 Å². The van der Waals surface area contributed by atoms with E-state index in [0.717, 1.165) is 23.6 Å². The van der Waals surface area contributed by atoms with Crippen molar-refractivity contribution in [3.63, 3.8) is 0 Å². The average Bonchev–Trinajstić information content (AvgIpc) is 3.12. The first kappa shape index (κ1) is 20.9. The largest absolute Gasteiger partial charge is 0.492 e. The van der Waals surface area contributed by atoms with Crippen molar-refractivity contribution in [3.05, 3.63) is 81.8 Å². The number of rotatable bonds is 8. The number of carbonyl (C=O) groups is 1. The maximum absolute atomic E-state index is 12.5. The van der Waals surface area contributed by atoms with Crippen molar-refractivity contribution < 1.29 is 22.7 Å². The van der Waals surface area contributed by atoms with Gasteiger partial charge in [0.15, 0.2) is 0 Å². The number of aromatic nitrogens is 1. The van der Waals surface area contributed by atoms with Crippen molar-refractivity contribution in [1.29, 1.82) is 0 Å². The van der Waals surface area contributed by atoms with Gasteiger partial charge in [0.05, 0.1) is 29.2 Å². The zero-order chi connectivity index (χ0) is 20.7. The van der Waals surface area contributed by atoms with Crippen LogP contribution in [-0.4, -0.2) is 24.0 Å². The predicted molar refractivity (Wildman–Crippen MR) is 105 cm³/mol. The SMILES string of the molecule is O=C(Cc1csc(Cc2ccccc2)n1)NCCOc1ccc(C(F)(F)F)cc1. The summed E-state index contributed by atoms with van der Waals surface area (Å²) >= 11 is 1.52. The van der Waals surface area contributed by atoms with Crippen LogP contribution in [0.5, 0.6) is 5.75 Å². The molecule has 0 aliphatic carbocycles. The highest BCUT2D eigenvalue weighted by Crippen LogP contribution is 2.30. The second-order valence-electron chi connectivity index (χ2n) is 6.29. The fourth-order valence-electron chi connectivity index (χ4n) is 2.61.